The summed E-state index contributed by atoms with van der Waals surface area (Å²) >= 11 is 3.04. The Labute approximate surface area is 106 Å². The lowest BCUT2D eigenvalue weighted by Gasteiger charge is -2.26. The minimum Gasteiger partial charge on any atom is -0.477 e. The van der Waals surface area contributed by atoms with Crippen LogP contribution in [0.1, 0.15) is 20.1 Å². The molecule has 4 nitrogen and oxygen atoms in total. The van der Waals surface area contributed by atoms with E-state index in [0.29, 0.717) is 4.88 Å². The highest BCUT2D eigenvalue weighted by atomic mass is 32.1. The molecule has 1 aliphatic heterocycles. The molecule has 17 heavy (non-hydrogen) atoms. The number of thiophene rings is 1. The standard InChI is InChI=1S/C11H10N2O2S2/c14-10(15)9-5-12-11(17-9)13-3-1-8-7(6-13)2-4-16-8/h2,4-5H,1,3,6H2,(H,14,15). The molecule has 0 atom stereocenters. The summed E-state index contributed by atoms with van der Waals surface area (Å²) in [6, 6.07) is 2.14. The summed E-state index contributed by atoms with van der Waals surface area (Å²) in [5.41, 5.74) is 1.34. The fraction of sp³-hybridized carbons (Fsp3) is 0.273. The molecule has 0 fully saturated rings. The summed E-state index contributed by atoms with van der Waals surface area (Å²) in [4.78, 5) is 18.9. The predicted octanol–water partition coefficient (Wildman–Crippen LogP) is 2.47. The number of carbonyl (C=O) groups is 1. The van der Waals surface area contributed by atoms with Crippen molar-refractivity contribution in [2.24, 2.45) is 0 Å². The molecule has 0 aromatic carbocycles. The molecule has 0 unspecified atom stereocenters. The van der Waals surface area contributed by atoms with E-state index < -0.39 is 5.97 Å². The SMILES string of the molecule is O=C(O)c1cnc(N2CCc3sccc3C2)s1. The molecule has 2 aromatic heterocycles. The van der Waals surface area contributed by atoms with Gasteiger partial charge in [0.25, 0.3) is 0 Å². The average molecular weight is 266 g/mol. The van der Waals surface area contributed by atoms with Crippen LogP contribution in [0.4, 0.5) is 5.13 Å². The summed E-state index contributed by atoms with van der Waals surface area (Å²) in [7, 11) is 0. The van der Waals surface area contributed by atoms with Gasteiger partial charge in [-0.2, -0.15) is 0 Å². The van der Waals surface area contributed by atoms with E-state index >= 15 is 0 Å². The second-order valence-electron chi connectivity index (χ2n) is 3.85. The number of carboxylic acids is 1. The van der Waals surface area contributed by atoms with Gasteiger partial charge in [0.05, 0.1) is 6.20 Å². The van der Waals surface area contributed by atoms with Crippen molar-refractivity contribution in [3.8, 4) is 0 Å². The highest BCUT2D eigenvalue weighted by Crippen LogP contribution is 2.30. The van der Waals surface area contributed by atoms with Crippen LogP contribution in [0, 0.1) is 0 Å². The highest BCUT2D eigenvalue weighted by molar-refractivity contribution is 7.17. The average Bonchev–Trinajstić information content (AvgIpc) is 2.97. The first kappa shape index (κ1) is 10.7. The van der Waals surface area contributed by atoms with E-state index in [1.165, 1.54) is 28.0 Å². The van der Waals surface area contributed by atoms with Crippen LogP contribution in [0.2, 0.25) is 0 Å². The molecule has 6 heteroatoms. The number of aromatic nitrogens is 1. The second kappa shape index (κ2) is 4.12. The molecule has 0 aliphatic carbocycles. The lowest BCUT2D eigenvalue weighted by molar-refractivity contribution is 0.0702. The van der Waals surface area contributed by atoms with Gasteiger partial charge in [-0.15, -0.1) is 11.3 Å². The van der Waals surface area contributed by atoms with Gasteiger partial charge in [-0.25, -0.2) is 9.78 Å². The third kappa shape index (κ3) is 1.94. The number of hydrogen-bond acceptors (Lipinski definition) is 5. The van der Waals surface area contributed by atoms with Gasteiger partial charge in [0.2, 0.25) is 0 Å². The van der Waals surface area contributed by atoms with E-state index in [1.807, 2.05) is 0 Å². The zero-order valence-corrected chi connectivity index (χ0v) is 10.6. The van der Waals surface area contributed by atoms with Crippen LogP contribution >= 0.6 is 22.7 Å². The highest BCUT2D eigenvalue weighted by Gasteiger charge is 2.20. The molecule has 3 heterocycles. The van der Waals surface area contributed by atoms with E-state index in [1.54, 1.807) is 11.3 Å². The first-order valence-electron chi connectivity index (χ1n) is 5.23. The lowest BCUT2D eigenvalue weighted by Crippen LogP contribution is -2.29. The van der Waals surface area contributed by atoms with Gasteiger partial charge < -0.3 is 10.0 Å². The quantitative estimate of drug-likeness (QED) is 0.907. The fourth-order valence-corrected chi connectivity index (χ4v) is 3.59. The maximum atomic E-state index is 10.8. The van der Waals surface area contributed by atoms with Gasteiger partial charge in [0, 0.05) is 18.0 Å². The van der Waals surface area contributed by atoms with E-state index in [2.05, 4.69) is 21.3 Å². The van der Waals surface area contributed by atoms with Crippen molar-refractivity contribution in [1.82, 2.24) is 4.98 Å². The van der Waals surface area contributed by atoms with Crippen molar-refractivity contribution >= 4 is 33.8 Å². The first-order valence-corrected chi connectivity index (χ1v) is 6.93. The molecule has 0 radical (unpaired) electrons. The van der Waals surface area contributed by atoms with Crippen molar-refractivity contribution in [1.29, 1.82) is 0 Å². The maximum Gasteiger partial charge on any atom is 0.347 e. The number of nitrogens with zero attached hydrogens (tertiary/aromatic N) is 2. The Balaban J connectivity index is 1.84. The zero-order valence-electron chi connectivity index (χ0n) is 8.92. The molecule has 2 aromatic rings. The van der Waals surface area contributed by atoms with Crippen LogP contribution < -0.4 is 4.90 Å². The molecule has 1 aliphatic rings. The number of hydrogen-bond donors (Lipinski definition) is 1. The molecule has 0 bridgehead atoms. The predicted molar refractivity (Wildman–Crippen MR) is 68.1 cm³/mol. The van der Waals surface area contributed by atoms with Crippen LogP contribution in [0.5, 0.6) is 0 Å². The number of aromatic carboxylic acids is 1. The molecule has 0 spiro atoms. The molecule has 0 saturated heterocycles. The Kier molecular flexibility index (Phi) is 2.60. The van der Waals surface area contributed by atoms with Gasteiger partial charge >= 0.3 is 5.97 Å². The van der Waals surface area contributed by atoms with Gasteiger partial charge in [-0.1, -0.05) is 11.3 Å². The maximum absolute atomic E-state index is 10.8. The Morgan fingerprint density at radius 2 is 2.41 bits per heavy atom. The van der Waals surface area contributed by atoms with E-state index in [-0.39, 0.29) is 0 Å². The van der Waals surface area contributed by atoms with E-state index in [4.69, 9.17) is 5.11 Å². The first-order chi connectivity index (χ1) is 8.24. The number of thiazole rings is 1. The van der Waals surface area contributed by atoms with Crippen molar-refractivity contribution in [3.05, 3.63) is 33.0 Å². The van der Waals surface area contributed by atoms with E-state index in [0.717, 1.165) is 24.6 Å². The Morgan fingerprint density at radius 3 is 3.18 bits per heavy atom. The number of carboxylic acid groups (broad SMARTS) is 1. The summed E-state index contributed by atoms with van der Waals surface area (Å²) in [5, 5.41) is 11.8. The Morgan fingerprint density at radius 1 is 1.53 bits per heavy atom. The van der Waals surface area contributed by atoms with Crippen molar-refractivity contribution < 1.29 is 9.90 Å². The van der Waals surface area contributed by atoms with Crippen LogP contribution in [-0.2, 0) is 13.0 Å². The zero-order chi connectivity index (χ0) is 11.8. The summed E-state index contributed by atoms with van der Waals surface area (Å²) in [5.74, 6) is -0.901. The number of anilines is 1. The topological polar surface area (TPSA) is 53.4 Å². The summed E-state index contributed by atoms with van der Waals surface area (Å²) in [6.45, 7) is 1.76. The van der Waals surface area contributed by atoms with Crippen molar-refractivity contribution in [2.45, 2.75) is 13.0 Å². The summed E-state index contributed by atoms with van der Waals surface area (Å²) < 4.78 is 0. The largest absolute Gasteiger partial charge is 0.477 e. The van der Waals surface area contributed by atoms with Crippen LogP contribution in [0.25, 0.3) is 0 Å². The monoisotopic (exact) mass is 266 g/mol. The second-order valence-corrected chi connectivity index (χ2v) is 5.86. The van der Waals surface area contributed by atoms with Crippen LogP contribution in [-0.4, -0.2) is 22.6 Å². The molecule has 3 rings (SSSR count). The summed E-state index contributed by atoms with van der Waals surface area (Å²) in [6.07, 6.45) is 2.46. The molecule has 0 amide bonds. The molecule has 88 valence electrons. The van der Waals surface area contributed by atoms with Crippen molar-refractivity contribution in [3.63, 3.8) is 0 Å². The fourth-order valence-electron chi connectivity index (χ4n) is 1.92. The normalized spacial score (nSPS) is 14.7. The Hall–Kier alpha value is -1.40. The third-order valence-corrected chi connectivity index (χ3v) is 4.85. The third-order valence-electron chi connectivity index (χ3n) is 2.78. The van der Waals surface area contributed by atoms with Gasteiger partial charge in [0.1, 0.15) is 4.88 Å². The Bertz CT molecular complexity index is 561. The molecule has 1 N–H and O–H groups in total. The molecular formula is C11H10N2O2S2. The van der Waals surface area contributed by atoms with Crippen LogP contribution in [0.15, 0.2) is 17.6 Å². The van der Waals surface area contributed by atoms with Gasteiger partial charge in [0.15, 0.2) is 5.13 Å². The minimum absolute atomic E-state index is 0.302. The lowest BCUT2D eigenvalue weighted by atomic mass is 10.1. The van der Waals surface area contributed by atoms with Crippen molar-refractivity contribution in [2.75, 3.05) is 11.4 Å². The molecule has 0 saturated carbocycles. The molecular weight excluding hydrogens is 256 g/mol. The smallest absolute Gasteiger partial charge is 0.347 e. The van der Waals surface area contributed by atoms with Crippen LogP contribution in [0.3, 0.4) is 0 Å². The number of fused-ring (bicyclic) bond motifs is 1. The minimum atomic E-state index is -0.901. The van der Waals surface area contributed by atoms with E-state index in [9.17, 15) is 4.79 Å². The van der Waals surface area contributed by atoms with Gasteiger partial charge in [-0.05, 0) is 23.4 Å². The van der Waals surface area contributed by atoms with Gasteiger partial charge in [-0.3, -0.25) is 0 Å². The number of rotatable bonds is 2.